The van der Waals surface area contributed by atoms with Gasteiger partial charge in [0.15, 0.2) is 0 Å². The first-order valence-corrected chi connectivity index (χ1v) is 6.32. The van der Waals surface area contributed by atoms with Gasteiger partial charge in [0.1, 0.15) is 10.0 Å². The molecule has 84 valence electrons. The molecule has 0 unspecified atom stereocenters. The van der Waals surface area contributed by atoms with E-state index in [4.69, 9.17) is 22.3 Å². The van der Waals surface area contributed by atoms with Crippen molar-refractivity contribution in [2.45, 2.75) is 18.2 Å². The van der Waals surface area contributed by atoms with Gasteiger partial charge in [-0.25, -0.2) is 22.2 Å². The number of alkyl halides is 2. The molecule has 1 aromatic rings. The molecule has 15 heavy (non-hydrogen) atoms. The fourth-order valence-corrected chi connectivity index (χ4v) is 2.37. The lowest BCUT2D eigenvalue weighted by molar-refractivity contribution is 0.150. The van der Waals surface area contributed by atoms with Crippen LogP contribution >= 0.6 is 22.3 Å². The predicted octanol–water partition coefficient (Wildman–Crippen LogP) is 2.91. The van der Waals surface area contributed by atoms with E-state index in [2.05, 4.69) is 4.98 Å². The fourth-order valence-electron chi connectivity index (χ4n) is 0.972. The first-order valence-electron chi connectivity index (χ1n) is 3.63. The van der Waals surface area contributed by atoms with E-state index in [-0.39, 0.29) is 5.69 Å². The minimum Gasteiger partial charge on any atom is -0.240 e. The van der Waals surface area contributed by atoms with Gasteiger partial charge in [0, 0.05) is 10.7 Å². The molecule has 0 aliphatic heterocycles. The smallest absolute Gasteiger partial charge is 0.240 e. The first kappa shape index (κ1) is 12.6. The third-order valence-corrected chi connectivity index (χ3v) is 3.39. The molecule has 1 rings (SSSR count). The second-order valence-electron chi connectivity index (χ2n) is 2.69. The molecule has 0 aliphatic carbocycles. The molecule has 0 fully saturated rings. The second-order valence-corrected chi connectivity index (χ2v) is 5.58. The number of nitrogens with zero attached hydrogens (tertiary/aromatic N) is 1. The Labute approximate surface area is 94.4 Å². The molecule has 8 heteroatoms. The summed E-state index contributed by atoms with van der Waals surface area (Å²) in [5.41, 5.74) is -0.666. The summed E-state index contributed by atoms with van der Waals surface area (Å²) in [6.07, 6.45) is -2.90. The zero-order valence-corrected chi connectivity index (χ0v) is 9.67. The number of rotatable bonds is 2. The Balaban J connectivity index is 3.50. The van der Waals surface area contributed by atoms with Gasteiger partial charge in [-0.3, -0.25) is 0 Å². The molecule has 0 aromatic carbocycles. The minimum absolute atomic E-state index is 0.0144. The lowest BCUT2D eigenvalue weighted by Gasteiger charge is -2.06. The Bertz CT molecular complexity index is 490. The first-order chi connectivity index (χ1) is 6.73. The van der Waals surface area contributed by atoms with Crippen molar-refractivity contribution in [1.29, 1.82) is 0 Å². The normalized spacial score (nSPS) is 12.1. The molecule has 0 bridgehead atoms. The molecule has 1 heterocycles. The van der Waals surface area contributed by atoms with Crippen molar-refractivity contribution < 1.29 is 17.2 Å². The quantitative estimate of drug-likeness (QED) is 0.616. The number of aryl methyl sites for hydroxylation is 1. The Kier molecular flexibility index (Phi) is 3.52. The van der Waals surface area contributed by atoms with Crippen LogP contribution in [0.1, 0.15) is 17.7 Å². The van der Waals surface area contributed by atoms with Gasteiger partial charge in [-0.05, 0) is 13.0 Å². The molecule has 0 atom stereocenters. The molecule has 0 saturated carbocycles. The van der Waals surface area contributed by atoms with E-state index in [0.717, 1.165) is 6.07 Å². The third-order valence-electron chi connectivity index (χ3n) is 1.65. The van der Waals surface area contributed by atoms with E-state index >= 15 is 0 Å². The number of aromatic nitrogens is 1. The van der Waals surface area contributed by atoms with Crippen LogP contribution in [-0.2, 0) is 9.05 Å². The molecule has 0 radical (unpaired) electrons. The van der Waals surface area contributed by atoms with Crippen LogP contribution in [0.15, 0.2) is 11.0 Å². The van der Waals surface area contributed by atoms with Crippen molar-refractivity contribution in [2.75, 3.05) is 0 Å². The Morgan fingerprint density at radius 3 is 2.40 bits per heavy atom. The average Bonchev–Trinajstić information content (AvgIpc) is 2.00. The van der Waals surface area contributed by atoms with Gasteiger partial charge in [0.2, 0.25) is 0 Å². The maximum Gasteiger partial charge on any atom is 0.266 e. The highest BCUT2D eigenvalue weighted by Gasteiger charge is 2.21. The van der Waals surface area contributed by atoms with Crippen molar-refractivity contribution >= 4 is 31.3 Å². The van der Waals surface area contributed by atoms with Gasteiger partial charge in [0.05, 0.1) is 11.3 Å². The van der Waals surface area contributed by atoms with E-state index in [0.29, 0.717) is 0 Å². The summed E-state index contributed by atoms with van der Waals surface area (Å²) < 4.78 is 46.7. The van der Waals surface area contributed by atoms with Gasteiger partial charge >= 0.3 is 0 Å². The molecule has 1 aromatic heterocycles. The largest absolute Gasteiger partial charge is 0.266 e. The zero-order chi connectivity index (χ0) is 11.8. The van der Waals surface area contributed by atoms with Crippen LogP contribution in [0.3, 0.4) is 0 Å². The third kappa shape index (κ3) is 2.76. The van der Waals surface area contributed by atoms with E-state index in [1.165, 1.54) is 6.92 Å². The summed E-state index contributed by atoms with van der Waals surface area (Å²) in [6, 6.07) is 0.734. The summed E-state index contributed by atoms with van der Waals surface area (Å²) >= 11 is 5.42. The van der Waals surface area contributed by atoms with Gasteiger partial charge in [0.25, 0.3) is 15.5 Å². The highest BCUT2D eigenvalue weighted by atomic mass is 35.7. The van der Waals surface area contributed by atoms with Crippen LogP contribution in [0.5, 0.6) is 0 Å². The van der Waals surface area contributed by atoms with E-state index in [1.54, 1.807) is 0 Å². The minimum atomic E-state index is -4.09. The summed E-state index contributed by atoms with van der Waals surface area (Å²) in [5.74, 6) is 0. The van der Waals surface area contributed by atoms with Crippen molar-refractivity contribution in [1.82, 2.24) is 4.98 Å². The van der Waals surface area contributed by atoms with E-state index in [1.807, 2.05) is 0 Å². The molecule has 0 N–H and O–H groups in total. The molecule has 0 aliphatic rings. The summed E-state index contributed by atoms with van der Waals surface area (Å²) in [6.45, 7) is 1.32. The van der Waals surface area contributed by atoms with Gasteiger partial charge < -0.3 is 0 Å². The highest BCUT2D eigenvalue weighted by molar-refractivity contribution is 8.13. The fraction of sp³-hybridized carbons (Fsp3) is 0.286. The Morgan fingerprint density at radius 1 is 1.47 bits per heavy atom. The lowest BCUT2D eigenvalue weighted by atomic mass is 10.2. The number of hydrogen-bond donors (Lipinski definition) is 0. The highest BCUT2D eigenvalue weighted by Crippen LogP contribution is 2.30. The van der Waals surface area contributed by atoms with E-state index < -0.39 is 31.1 Å². The van der Waals surface area contributed by atoms with Crippen LogP contribution in [0.4, 0.5) is 8.78 Å². The van der Waals surface area contributed by atoms with Gasteiger partial charge in [-0.1, -0.05) is 11.6 Å². The number of hydrogen-bond acceptors (Lipinski definition) is 3. The maximum absolute atomic E-state index is 12.4. The molecule has 0 spiro atoms. The average molecular weight is 276 g/mol. The predicted molar refractivity (Wildman–Crippen MR) is 52.0 cm³/mol. The molecular weight excluding hydrogens is 271 g/mol. The van der Waals surface area contributed by atoms with Crippen molar-refractivity contribution in [3.05, 3.63) is 22.5 Å². The summed E-state index contributed by atoms with van der Waals surface area (Å²) in [4.78, 5) is 3.03. The summed E-state index contributed by atoms with van der Waals surface area (Å²) in [5, 5.41) is -0.424. The second kappa shape index (κ2) is 4.19. The topological polar surface area (TPSA) is 47.0 Å². The van der Waals surface area contributed by atoms with Crippen molar-refractivity contribution in [3.63, 3.8) is 0 Å². The SMILES string of the molecule is Cc1nc(Cl)c(C(F)F)cc1S(=O)(=O)Cl. The Hall–Kier alpha value is -0.460. The molecule has 0 saturated heterocycles. The van der Waals surface area contributed by atoms with Crippen LogP contribution < -0.4 is 0 Å². The molecule has 0 amide bonds. The number of pyridine rings is 1. The van der Waals surface area contributed by atoms with Crippen molar-refractivity contribution in [3.8, 4) is 0 Å². The van der Waals surface area contributed by atoms with E-state index in [9.17, 15) is 17.2 Å². The zero-order valence-electron chi connectivity index (χ0n) is 7.34. The van der Waals surface area contributed by atoms with Gasteiger partial charge in [-0.15, -0.1) is 0 Å². The molecular formula is C7H5Cl2F2NO2S. The van der Waals surface area contributed by atoms with Gasteiger partial charge in [-0.2, -0.15) is 0 Å². The Morgan fingerprint density at radius 2 is 2.00 bits per heavy atom. The standard InChI is InChI=1S/C7H5Cl2F2NO2S/c1-3-5(15(9,13)14)2-4(7(10)11)6(8)12-3/h2,7H,1H3. The van der Waals surface area contributed by atoms with Crippen molar-refractivity contribution in [2.24, 2.45) is 0 Å². The lowest BCUT2D eigenvalue weighted by Crippen LogP contribution is -2.01. The monoisotopic (exact) mass is 275 g/mol. The molecule has 3 nitrogen and oxygen atoms in total. The van der Waals surface area contributed by atoms with Crippen LogP contribution in [0, 0.1) is 6.92 Å². The van der Waals surface area contributed by atoms with Crippen LogP contribution in [-0.4, -0.2) is 13.4 Å². The van der Waals surface area contributed by atoms with Crippen LogP contribution in [0.2, 0.25) is 5.15 Å². The maximum atomic E-state index is 12.4. The summed E-state index contributed by atoms with van der Waals surface area (Å²) in [7, 11) is 0.949. The number of halogens is 4. The van der Waals surface area contributed by atoms with Crippen LogP contribution in [0.25, 0.3) is 0 Å².